The van der Waals surface area contributed by atoms with Gasteiger partial charge in [0.2, 0.25) is 5.91 Å². The Morgan fingerprint density at radius 3 is 2.42 bits per heavy atom. The number of hydrogen-bond donors (Lipinski definition) is 0. The van der Waals surface area contributed by atoms with E-state index >= 15 is 0 Å². The summed E-state index contributed by atoms with van der Waals surface area (Å²) in [5.74, 6) is -0.770. The zero-order valence-electron chi connectivity index (χ0n) is 16.6. The standard InChI is InChI=1S/C23H17N3O4S/c1-14-6-4-10-18-20(14)24-23(31-18)25(12-15-7-5-11-30-15)19(27)13-26-21(28)16-8-2-3-9-17(16)22(26)29/h2-11H,12-13H2,1H3. The van der Waals surface area contributed by atoms with E-state index in [9.17, 15) is 14.4 Å². The lowest BCUT2D eigenvalue weighted by molar-refractivity contribution is -0.119. The molecule has 7 nitrogen and oxygen atoms in total. The molecule has 1 aliphatic heterocycles. The highest BCUT2D eigenvalue weighted by Crippen LogP contribution is 2.32. The number of aromatic nitrogens is 1. The number of aryl methyl sites for hydroxylation is 1. The smallest absolute Gasteiger partial charge is 0.262 e. The van der Waals surface area contributed by atoms with E-state index in [0.29, 0.717) is 22.0 Å². The number of fused-ring (bicyclic) bond motifs is 2. The molecule has 0 fully saturated rings. The second kappa shape index (κ2) is 7.48. The first-order valence-electron chi connectivity index (χ1n) is 9.67. The molecular formula is C23H17N3O4S. The highest BCUT2D eigenvalue weighted by Gasteiger charge is 2.37. The molecular weight excluding hydrogens is 414 g/mol. The monoisotopic (exact) mass is 431 g/mol. The summed E-state index contributed by atoms with van der Waals surface area (Å²) in [5, 5.41) is 0.488. The summed E-state index contributed by atoms with van der Waals surface area (Å²) in [6.07, 6.45) is 1.53. The molecule has 31 heavy (non-hydrogen) atoms. The van der Waals surface area contributed by atoms with Crippen LogP contribution in [0.3, 0.4) is 0 Å². The van der Waals surface area contributed by atoms with Crippen LogP contribution in [-0.2, 0) is 11.3 Å². The molecule has 8 heteroatoms. The van der Waals surface area contributed by atoms with Crippen LogP contribution in [0.25, 0.3) is 10.2 Å². The number of furan rings is 1. The number of amides is 3. The van der Waals surface area contributed by atoms with E-state index in [1.165, 1.54) is 22.5 Å². The van der Waals surface area contributed by atoms with E-state index in [1.54, 1.807) is 36.4 Å². The van der Waals surface area contributed by atoms with Crippen molar-refractivity contribution in [2.24, 2.45) is 0 Å². The maximum Gasteiger partial charge on any atom is 0.262 e. The Balaban J connectivity index is 1.48. The largest absolute Gasteiger partial charge is 0.467 e. The Hall–Kier alpha value is -3.78. The third-order valence-corrected chi connectivity index (χ3v) is 6.25. The Kier molecular flexibility index (Phi) is 4.63. The number of carbonyl (C=O) groups excluding carboxylic acids is 3. The number of carbonyl (C=O) groups is 3. The first-order chi connectivity index (χ1) is 15.0. The molecule has 0 N–H and O–H groups in total. The molecule has 3 amide bonds. The van der Waals surface area contributed by atoms with Gasteiger partial charge in [-0.15, -0.1) is 0 Å². The second-order valence-electron chi connectivity index (χ2n) is 7.22. The SMILES string of the molecule is Cc1cccc2sc(N(Cc3ccco3)C(=O)CN3C(=O)c4ccccc4C3=O)nc12. The van der Waals surface area contributed by atoms with Gasteiger partial charge in [0.25, 0.3) is 11.8 Å². The van der Waals surface area contributed by atoms with Crippen molar-refractivity contribution in [3.8, 4) is 0 Å². The van der Waals surface area contributed by atoms with Gasteiger partial charge < -0.3 is 4.42 Å². The lowest BCUT2D eigenvalue weighted by atomic mass is 10.1. The van der Waals surface area contributed by atoms with Crippen LogP contribution in [0.15, 0.2) is 65.3 Å². The molecule has 0 saturated carbocycles. The fraction of sp³-hybridized carbons (Fsp3) is 0.130. The molecule has 0 unspecified atom stereocenters. The van der Waals surface area contributed by atoms with Crippen molar-refractivity contribution >= 4 is 44.4 Å². The number of nitrogens with zero attached hydrogens (tertiary/aromatic N) is 3. The van der Waals surface area contributed by atoms with Gasteiger partial charge in [-0.1, -0.05) is 35.6 Å². The normalized spacial score (nSPS) is 13.1. The van der Waals surface area contributed by atoms with Gasteiger partial charge in [-0.05, 0) is 42.8 Å². The van der Waals surface area contributed by atoms with E-state index in [0.717, 1.165) is 20.7 Å². The topological polar surface area (TPSA) is 83.7 Å². The average Bonchev–Trinajstić information content (AvgIpc) is 3.49. The van der Waals surface area contributed by atoms with Gasteiger partial charge in [-0.3, -0.25) is 24.2 Å². The molecule has 0 saturated heterocycles. The lowest BCUT2D eigenvalue weighted by Crippen LogP contribution is -2.42. The minimum absolute atomic E-state index is 0.147. The van der Waals surface area contributed by atoms with E-state index < -0.39 is 17.7 Å². The minimum atomic E-state index is -0.466. The number of benzene rings is 2. The number of anilines is 1. The molecule has 5 rings (SSSR count). The van der Waals surface area contributed by atoms with Gasteiger partial charge >= 0.3 is 0 Å². The molecule has 4 aromatic rings. The quantitative estimate of drug-likeness (QED) is 0.446. The molecule has 1 aliphatic rings. The summed E-state index contributed by atoms with van der Waals surface area (Å²) in [4.78, 5) is 45.9. The van der Waals surface area contributed by atoms with Crippen molar-refractivity contribution in [1.29, 1.82) is 0 Å². The Bertz CT molecular complexity index is 1290. The average molecular weight is 431 g/mol. The molecule has 0 spiro atoms. The summed E-state index contributed by atoms with van der Waals surface area (Å²) in [6.45, 7) is 1.74. The molecule has 0 atom stereocenters. The first-order valence-corrected chi connectivity index (χ1v) is 10.5. The summed E-state index contributed by atoms with van der Waals surface area (Å²) >= 11 is 1.38. The van der Waals surface area contributed by atoms with E-state index in [1.807, 2.05) is 25.1 Å². The van der Waals surface area contributed by atoms with Gasteiger partial charge in [0.05, 0.1) is 34.2 Å². The zero-order chi connectivity index (χ0) is 21.5. The number of thiazole rings is 1. The van der Waals surface area contributed by atoms with Crippen LogP contribution >= 0.6 is 11.3 Å². The van der Waals surface area contributed by atoms with Crippen LogP contribution in [0.5, 0.6) is 0 Å². The van der Waals surface area contributed by atoms with Crippen LogP contribution in [0, 0.1) is 6.92 Å². The number of para-hydroxylation sites is 1. The maximum atomic E-state index is 13.3. The van der Waals surface area contributed by atoms with Crippen LogP contribution in [0.4, 0.5) is 5.13 Å². The predicted octanol–water partition coefficient (Wildman–Crippen LogP) is 4.03. The minimum Gasteiger partial charge on any atom is -0.467 e. The fourth-order valence-electron chi connectivity index (χ4n) is 3.61. The van der Waals surface area contributed by atoms with Gasteiger partial charge in [-0.2, -0.15) is 0 Å². The third kappa shape index (κ3) is 3.30. The van der Waals surface area contributed by atoms with E-state index in [4.69, 9.17) is 4.42 Å². The van der Waals surface area contributed by atoms with Gasteiger partial charge in [0, 0.05) is 0 Å². The van der Waals surface area contributed by atoms with Crippen LogP contribution in [0.1, 0.15) is 32.0 Å². The summed E-state index contributed by atoms with van der Waals surface area (Å²) in [6, 6.07) is 15.9. The fourth-order valence-corrected chi connectivity index (χ4v) is 4.67. The van der Waals surface area contributed by atoms with Crippen LogP contribution in [-0.4, -0.2) is 34.2 Å². The van der Waals surface area contributed by atoms with Crippen molar-refractivity contribution in [2.45, 2.75) is 13.5 Å². The number of hydrogen-bond acceptors (Lipinski definition) is 6. The Morgan fingerprint density at radius 1 is 1.03 bits per heavy atom. The molecule has 154 valence electrons. The van der Waals surface area contributed by atoms with Gasteiger partial charge in [0.1, 0.15) is 12.3 Å². The Labute approximate surface area is 181 Å². The van der Waals surface area contributed by atoms with Gasteiger partial charge in [0.15, 0.2) is 5.13 Å². The van der Waals surface area contributed by atoms with Crippen LogP contribution in [0.2, 0.25) is 0 Å². The maximum absolute atomic E-state index is 13.3. The summed E-state index contributed by atoms with van der Waals surface area (Å²) in [7, 11) is 0. The van der Waals surface area contributed by atoms with E-state index in [2.05, 4.69) is 4.98 Å². The zero-order valence-corrected chi connectivity index (χ0v) is 17.4. The highest BCUT2D eigenvalue weighted by molar-refractivity contribution is 7.22. The molecule has 0 aliphatic carbocycles. The Morgan fingerprint density at radius 2 is 1.77 bits per heavy atom. The summed E-state index contributed by atoms with van der Waals surface area (Å²) < 4.78 is 6.38. The van der Waals surface area contributed by atoms with E-state index in [-0.39, 0.29) is 13.1 Å². The molecule has 2 aromatic heterocycles. The highest BCUT2D eigenvalue weighted by atomic mass is 32.1. The summed E-state index contributed by atoms with van der Waals surface area (Å²) in [5.41, 5.74) is 2.45. The van der Waals surface area contributed by atoms with Crippen molar-refractivity contribution in [1.82, 2.24) is 9.88 Å². The first kappa shape index (κ1) is 19.2. The predicted molar refractivity (Wildman–Crippen MR) is 116 cm³/mol. The molecule has 2 aromatic carbocycles. The molecule has 0 bridgehead atoms. The second-order valence-corrected chi connectivity index (χ2v) is 8.23. The van der Waals surface area contributed by atoms with Crippen molar-refractivity contribution in [2.75, 3.05) is 11.4 Å². The lowest BCUT2D eigenvalue weighted by Gasteiger charge is -2.21. The van der Waals surface area contributed by atoms with Crippen molar-refractivity contribution in [3.63, 3.8) is 0 Å². The molecule has 0 radical (unpaired) electrons. The third-order valence-electron chi connectivity index (χ3n) is 5.21. The number of imide groups is 1. The van der Waals surface area contributed by atoms with Crippen molar-refractivity contribution < 1.29 is 18.8 Å². The number of rotatable bonds is 5. The van der Waals surface area contributed by atoms with Crippen LogP contribution < -0.4 is 4.90 Å². The molecule has 3 heterocycles. The van der Waals surface area contributed by atoms with Gasteiger partial charge in [-0.25, -0.2) is 4.98 Å². The van der Waals surface area contributed by atoms with Crippen molar-refractivity contribution in [3.05, 3.63) is 83.3 Å².